The van der Waals surface area contributed by atoms with E-state index < -0.39 is 10.0 Å². The summed E-state index contributed by atoms with van der Waals surface area (Å²) in [5, 5.41) is 9.29. The third kappa shape index (κ3) is 2.66. The smallest absolute Gasteiger partial charge is 0.240 e. The molecule has 1 aliphatic rings. The van der Waals surface area contributed by atoms with Gasteiger partial charge in [0, 0.05) is 13.7 Å². The van der Waals surface area contributed by atoms with Crippen LogP contribution in [0, 0.1) is 0 Å². The van der Waals surface area contributed by atoms with Gasteiger partial charge in [0.2, 0.25) is 10.0 Å². The summed E-state index contributed by atoms with van der Waals surface area (Å²) < 4.78 is 31.9. The molecule has 100 valence electrons. The molecule has 1 aromatic carbocycles. The monoisotopic (exact) mass is 271 g/mol. The maximum absolute atomic E-state index is 12.0. The van der Waals surface area contributed by atoms with E-state index >= 15 is 0 Å². The van der Waals surface area contributed by atoms with Gasteiger partial charge in [-0.15, -0.1) is 0 Å². The van der Waals surface area contributed by atoms with Gasteiger partial charge >= 0.3 is 0 Å². The zero-order chi connectivity index (χ0) is 13.2. The average Bonchev–Trinajstić information content (AvgIpc) is 2.28. The molecule has 1 fully saturated rings. The number of nitrogens with one attached hydrogen (secondary N) is 1. The summed E-state index contributed by atoms with van der Waals surface area (Å²) in [5.41, 5.74) is -0.357. The van der Waals surface area contributed by atoms with Crippen LogP contribution in [0.3, 0.4) is 0 Å². The number of aromatic hydroxyl groups is 1. The van der Waals surface area contributed by atoms with Crippen LogP contribution in [-0.4, -0.2) is 32.8 Å². The van der Waals surface area contributed by atoms with Crippen molar-refractivity contribution in [2.24, 2.45) is 0 Å². The van der Waals surface area contributed by atoms with Gasteiger partial charge in [-0.25, -0.2) is 13.1 Å². The minimum Gasteiger partial charge on any atom is -0.508 e. The number of benzene rings is 1. The quantitative estimate of drug-likeness (QED) is 0.845. The second kappa shape index (κ2) is 4.87. The first-order chi connectivity index (χ1) is 8.47. The molecule has 0 amide bonds. The largest absolute Gasteiger partial charge is 0.508 e. The van der Waals surface area contributed by atoms with E-state index in [0.717, 1.165) is 19.3 Å². The Bertz CT molecular complexity index is 517. The highest BCUT2D eigenvalue weighted by molar-refractivity contribution is 7.89. The van der Waals surface area contributed by atoms with Crippen molar-refractivity contribution in [2.45, 2.75) is 29.8 Å². The molecular weight excluding hydrogens is 254 g/mol. The molecule has 1 saturated carbocycles. The van der Waals surface area contributed by atoms with Gasteiger partial charge in [-0.1, -0.05) is 6.07 Å². The molecule has 0 aromatic heterocycles. The van der Waals surface area contributed by atoms with Gasteiger partial charge < -0.3 is 9.84 Å². The lowest BCUT2D eigenvalue weighted by Gasteiger charge is -2.40. The van der Waals surface area contributed by atoms with Crippen LogP contribution < -0.4 is 4.72 Å². The van der Waals surface area contributed by atoms with Crippen molar-refractivity contribution >= 4 is 10.0 Å². The third-order valence-electron chi connectivity index (χ3n) is 3.41. The highest BCUT2D eigenvalue weighted by Crippen LogP contribution is 2.34. The van der Waals surface area contributed by atoms with Crippen molar-refractivity contribution in [3.8, 4) is 5.75 Å². The van der Waals surface area contributed by atoms with Gasteiger partial charge in [0.15, 0.2) is 0 Å². The third-order valence-corrected chi connectivity index (χ3v) is 4.81. The number of hydrogen-bond acceptors (Lipinski definition) is 4. The number of sulfonamides is 1. The Morgan fingerprint density at radius 2 is 2.17 bits per heavy atom. The van der Waals surface area contributed by atoms with Crippen LogP contribution in [0.2, 0.25) is 0 Å². The van der Waals surface area contributed by atoms with Crippen molar-refractivity contribution < 1.29 is 18.3 Å². The lowest BCUT2D eigenvalue weighted by molar-refractivity contribution is -0.0659. The van der Waals surface area contributed by atoms with E-state index in [4.69, 9.17) is 4.74 Å². The first-order valence-electron chi connectivity index (χ1n) is 5.81. The summed E-state index contributed by atoms with van der Waals surface area (Å²) in [4.78, 5) is 0.0630. The van der Waals surface area contributed by atoms with Crippen LogP contribution in [0.4, 0.5) is 0 Å². The lowest BCUT2D eigenvalue weighted by atomic mass is 9.80. The number of hydrogen-bond donors (Lipinski definition) is 2. The van der Waals surface area contributed by atoms with Crippen LogP contribution in [0.5, 0.6) is 5.75 Å². The van der Waals surface area contributed by atoms with Crippen molar-refractivity contribution in [2.75, 3.05) is 13.7 Å². The predicted molar refractivity (Wildman–Crippen MR) is 66.9 cm³/mol. The Labute approximate surface area is 107 Å². The summed E-state index contributed by atoms with van der Waals surface area (Å²) in [6.45, 7) is 0.265. The first kappa shape index (κ1) is 13.3. The fraction of sp³-hybridized carbons (Fsp3) is 0.500. The van der Waals surface area contributed by atoms with Crippen LogP contribution in [0.25, 0.3) is 0 Å². The van der Waals surface area contributed by atoms with Gasteiger partial charge in [0.1, 0.15) is 5.75 Å². The van der Waals surface area contributed by atoms with E-state index in [1.165, 1.54) is 24.3 Å². The molecule has 2 N–H and O–H groups in total. The molecule has 0 heterocycles. The Morgan fingerprint density at radius 1 is 1.44 bits per heavy atom. The number of phenolic OH excluding ortho intramolecular Hbond substituents is 1. The minimum absolute atomic E-state index is 0.0630. The van der Waals surface area contributed by atoms with Crippen LogP contribution in [-0.2, 0) is 14.8 Å². The fourth-order valence-electron chi connectivity index (χ4n) is 1.98. The predicted octanol–water partition coefficient (Wildman–Crippen LogP) is 1.24. The van der Waals surface area contributed by atoms with Gasteiger partial charge in [-0.05, 0) is 37.5 Å². The Hall–Kier alpha value is -1.11. The topological polar surface area (TPSA) is 75.6 Å². The standard InChI is InChI=1S/C12H17NO4S/c1-17-12(6-3-7-12)9-13-18(15,16)11-5-2-4-10(14)8-11/h2,4-5,8,13-14H,3,6-7,9H2,1H3. The highest BCUT2D eigenvalue weighted by Gasteiger charge is 2.38. The molecular formula is C12H17NO4S. The summed E-state index contributed by atoms with van der Waals surface area (Å²) in [6, 6.07) is 5.60. The molecule has 5 nitrogen and oxygen atoms in total. The van der Waals surface area contributed by atoms with E-state index in [0.29, 0.717) is 0 Å². The summed E-state index contributed by atoms with van der Waals surface area (Å²) >= 11 is 0. The van der Waals surface area contributed by atoms with Crippen molar-refractivity contribution in [1.29, 1.82) is 0 Å². The number of rotatable bonds is 5. The van der Waals surface area contributed by atoms with Gasteiger partial charge in [0.25, 0.3) is 0 Å². The Balaban J connectivity index is 2.08. The highest BCUT2D eigenvalue weighted by atomic mass is 32.2. The van der Waals surface area contributed by atoms with Gasteiger partial charge in [-0.3, -0.25) is 0 Å². The van der Waals surface area contributed by atoms with Crippen molar-refractivity contribution in [1.82, 2.24) is 4.72 Å². The summed E-state index contributed by atoms with van der Waals surface area (Å²) in [6.07, 6.45) is 2.79. The number of ether oxygens (including phenoxy) is 1. The van der Waals surface area contributed by atoms with Crippen molar-refractivity contribution in [3.05, 3.63) is 24.3 Å². The molecule has 6 heteroatoms. The molecule has 0 aliphatic heterocycles. The minimum atomic E-state index is -3.59. The molecule has 0 spiro atoms. The van der Waals surface area contributed by atoms with E-state index in [1.54, 1.807) is 7.11 Å². The van der Waals surface area contributed by atoms with Gasteiger partial charge in [0.05, 0.1) is 10.5 Å². The zero-order valence-corrected chi connectivity index (χ0v) is 11.0. The molecule has 18 heavy (non-hydrogen) atoms. The second-order valence-corrected chi connectivity index (χ2v) is 6.33. The maximum atomic E-state index is 12.0. The Kier molecular flexibility index (Phi) is 3.61. The van der Waals surface area contributed by atoms with Gasteiger partial charge in [-0.2, -0.15) is 0 Å². The Morgan fingerprint density at radius 3 is 2.67 bits per heavy atom. The number of methoxy groups -OCH3 is 1. The average molecular weight is 271 g/mol. The molecule has 0 unspecified atom stereocenters. The first-order valence-corrected chi connectivity index (χ1v) is 7.30. The fourth-order valence-corrected chi connectivity index (χ4v) is 3.14. The molecule has 0 radical (unpaired) electrons. The van der Waals surface area contributed by atoms with Crippen molar-refractivity contribution in [3.63, 3.8) is 0 Å². The second-order valence-electron chi connectivity index (χ2n) is 4.56. The summed E-state index contributed by atoms with van der Waals surface area (Å²) in [7, 11) is -1.99. The van der Waals surface area contributed by atoms with Crippen LogP contribution >= 0.6 is 0 Å². The molecule has 0 saturated heterocycles. The van der Waals surface area contributed by atoms with E-state index in [2.05, 4.69) is 4.72 Å². The lowest BCUT2D eigenvalue weighted by Crippen LogP contribution is -2.49. The van der Waals surface area contributed by atoms with Crippen LogP contribution in [0.15, 0.2) is 29.2 Å². The summed E-state index contributed by atoms with van der Waals surface area (Å²) in [5.74, 6) is -0.0667. The SMILES string of the molecule is COC1(CNS(=O)(=O)c2cccc(O)c2)CCC1. The zero-order valence-electron chi connectivity index (χ0n) is 10.2. The maximum Gasteiger partial charge on any atom is 0.240 e. The van der Waals surface area contributed by atoms with Crippen LogP contribution in [0.1, 0.15) is 19.3 Å². The normalized spacial score (nSPS) is 18.3. The molecule has 0 atom stereocenters. The molecule has 1 aliphatic carbocycles. The van der Waals surface area contributed by atoms with E-state index in [-0.39, 0.29) is 22.8 Å². The number of phenols is 1. The molecule has 2 rings (SSSR count). The molecule has 0 bridgehead atoms. The molecule has 1 aromatic rings. The van der Waals surface area contributed by atoms with E-state index in [1.807, 2.05) is 0 Å². The van der Waals surface area contributed by atoms with E-state index in [9.17, 15) is 13.5 Å².